The summed E-state index contributed by atoms with van der Waals surface area (Å²) in [6.07, 6.45) is 1.17. The van der Waals surface area contributed by atoms with E-state index in [4.69, 9.17) is 4.74 Å². The summed E-state index contributed by atoms with van der Waals surface area (Å²) in [5, 5.41) is 2.84. The zero-order chi connectivity index (χ0) is 21.8. The van der Waals surface area contributed by atoms with Crippen LogP contribution in [-0.2, 0) is 21.4 Å². The molecule has 2 rings (SSSR count). The third kappa shape index (κ3) is 6.22. The lowest BCUT2D eigenvalue weighted by Crippen LogP contribution is -2.48. The first-order valence-electron chi connectivity index (χ1n) is 9.59. The van der Waals surface area contributed by atoms with E-state index in [-0.39, 0.29) is 18.6 Å². The number of nitrogens with one attached hydrogen (secondary N) is 1. The molecular weight excluding hydrogens is 388 g/mol. The molecule has 0 unspecified atom stereocenters. The molecule has 0 saturated carbocycles. The number of carbonyl (C=O) groups excluding carboxylic acids is 1. The lowest BCUT2D eigenvalue weighted by Gasteiger charge is -2.29. The van der Waals surface area contributed by atoms with E-state index in [0.29, 0.717) is 5.69 Å². The summed E-state index contributed by atoms with van der Waals surface area (Å²) in [4.78, 5) is 12.8. The van der Waals surface area contributed by atoms with Crippen molar-refractivity contribution in [3.63, 3.8) is 0 Å². The van der Waals surface area contributed by atoms with Gasteiger partial charge in [-0.3, -0.25) is 9.10 Å². The maximum atomic E-state index is 12.8. The third-order valence-electron chi connectivity index (χ3n) is 4.43. The van der Waals surface area contributed by atoms with Gasteiger partial charge in [-0.2, -0.15) is 0 Å². The Morgan fingerprint density at radius 3 is 2.41 bits per heavy atom. The van der Waals surface area contributed by atoms with Gasteiger partial charge in [0.15, 0.2) is 0 Å². The number of amides is 1. The van der Waals surface area contributed by atoms with Crippen molar-refractivity contribution < 1.29 is 17.9 Å². The topological polar surface area (TPSA) is 75.7 Å². The van der Waals surface area contributed by atoms with Crippen molar-refractivity contribution in [1.82, 2.24) is 5.32 Å². The maximum absolute atomic E-state index is 12.8. The fourth-order valence-corrected chi connectivity index (χ4v) is 4.30. The van der Waals surface area contributed by atoms with Crippen molar-refractivity contribution in [3.05, 3.63) is 59.2 Å². The Hall–Kier alpha value is -2.54. The van der Waals surface area contributed by atoms with E-state index in [0.717, 1.165) is 28.7 Å². The summed E-state index contributed by atoms with van der Waals surface area (Å²) in [6, 6.07) is 12.1. The highest BCUT2D eigenvalue weighted by molar-refractivity contribution is 7.92. The second-order valence-electron chi connectivity index (χ2n) is 7.56. The number of ether oxygens (including phenoxy) is 1. The van der Waals surface area contributed by atoms with Gasteiger partial charge in [0.05, 0.1) is 18.0 Å². The number of rotatable bonds is 8. The average molecular weight is 419 g/mol. The van der Waals surface area contributed by atoms with Crippen LogP contribution in [0.1, 0.15) is 37.5 Å². The Balaban J connectivity index is 2.19. The molecule has 0 radical (unpaired) electrons. The summed E-state index contributed by atoms with van der Waals surface area (Å²) in [5.74, 6) is 0.361. The number of benzene rings is 2. The Kier molecular flexibility index (Phi) is 7.30. The first kappa shape index (κ1) is 22.7. The first-order valence-corrected chi connectivity index (χ1v) is 11.4. The van der Waals surface area contributed by atoms with Crippen LogP contribution in [-0.4, -0.2) is 32.7 Å². The second-order valence-corrected chi connectivity index (χ2v) is 9.42. The molecule has 0 bridgehead atoms. The van der Waals surface area contributed by atoms with Crippen LogP contribution in [0, 0.1) is 13.8 Å². The van der Waals surface area contributed by atoms with Gasteiger partial charge in [-0.1, -0.05) is 24.3 Å². The SMILES string of the molecule is Cc1ccc(C)c(N([C@H](C)C(=O)NCc2cccc(OC(C)C)c2)S(C)(=O)=O)c1. The van der Waals surface area contributed by atoms with E-state index < -0.39 is 16.1 Å². The summed E-state index contributed by atoms with van der Waals surface area (Å²) in [6.45, 7) is 9.49. The van der Waals surface area contributed by atoms with Gasteiger partial charge in [0.1, 0.15) is 11.8 Å². The van der Waals surface area contributed by atoms with Crippen molar-refractivity contribution >= 4 is 21.6 Å². The molecule has 0 spiro atoms. The van der Waals surface area contributed by atoms with Crippen LogP contribution in [0.15, 0.2) is 42.5 Å². The number of aryl methyl sites for hydroxylation is 2. The minimum Gasteiger partial charge on any atom is -0.491 e. The van der Waals surface area contributed by atoms with E-state index in [1.54, 1.807) is 13.0 Å². The molecule has 0 aliphatic heterocycles. The Bertz CT molecular complexity index is 971. The number of hydrogen-bond acceptors (Lipinski definition) is 4. The van der Waals surface area contributed by atoms with Crippen molar-refractivity contribution in [1.29, 1.82) is 0 Å². The fourth-order valence-electron chi connectivity index (χ4n) is 3.08. The predicted molar refractivity (Wildman–Crippen MR) is 117 cm³/mol. The van der Waals surface area contributed by atoms with Gasteiger partial charge in [0.2, 0.25) is 15.9 Å². The van der Waals surface area contributed by atoms with Crippen LogP contribution in [0.3, 0.4) is 0 Å². The number of carbonyl (C=O) groups is 1. The highest BCUT2D eigenvalue weighted by atomic mass is 32.2. The van der Waals surface area contributed by atoms with E-state index >= 15 is 0 Å². The zero-order valence-corrected chi connectivity index (χ0v) is 18.7. The number of sulfonamides is 1. The van der Waals surface area contributed by atoms with E-state index in [1.807, 2.05) is 64.1 Å². The van der Waals surface area contributed by atoms with Gasteiger partial charge in [0.25, 0.3) is 0 Å². The molecule has 0 aromatic heterocycles. The van der Waals surface area contributed by atoms with Crippen molar-refractivity contribution in [2.24, 2.45) is 0 Å². The zero-order valence-electron chi connectivity index (χ0n) is 17.9. The summed E-state index contributed by atoms with van der Waals surface area (Å²) in [5.41, 5.74) is 3.11. The molecule has 0 aliphatic carbocycles. The Labute approximate surface area is 173 Å². The highest BCUT2D eigenvalue weighted by Gasteiger charge is 2.30. The monoisotopic (exact) mass is 418 g/mol. The molecule has 1 N–H and O–H groups in total. The number of nitrogens with zero attached hydrogens (tertiary/aromatic N) is 1. The quantitative estimate of drug-likeness (QED) is 0.711. The molecule has 29 heavy (non-hydrogen) atoms. The predicted octanol–water partition coefficient (Wildman–Crippen LogP) is 3.56. The molecule has 0 fully saturated rings. The molecule has 0 saturated heterocycles. The fraction of sp³-hybridized carbons (Fsp3) is 0.409. The van der Waals surface area contributed by atoms with Crippen LogP contribution in [0.2, 0.25) is 0 Å². The minimum absolute atomic E-state index is 0.0563. The van der Waals surface area contributed by atoms with Gasteiger partial charge in [-0.05, 0) is 69.5 Å². The van der Waals surface area contributed by atoms with Crippen molar-refractivity contribution in [3.8, 4) is 5.75 Å². The highest BCUT2D eigenvalue weighted by Crippen LogP contribution is 2.26. The molecule has 7 heteroatoms. The van der Waals surface area contributed by atoms with Gasteiger partial charge < -0.3 is 10.1 Å². The molecule has 1 amide bonds. The van der Waals surface area contributed by atoms with Gasteiger partial charge in [-0.25, -0.2) is 8.42 Å². The lowest BCUT2D eigenvalue weighted by atomic mass is 10.1. The molecule has 0 aliphatic rings. The largest absolute Gasteiger partial charge is 0.491 e. The van der Waals surface area contributed by atoms with Gasteiger partial charge in [-0.15, -0.1) is 0 Å². The molecule has 1 atom stereocenters. The summed E-state index contributed by atoms with van der Waals surface area (Å²) < 4.78 is 31.8. The van der Waals surface area contributed by atoms with Crippen LogP contribution in [0.5, 0.6) is 5.75 Å². The molecular formula is C22H30N2O4S. The van der Waals surface area contributed by atoms with Crippen molar-refractivity contribution in [2.75, 3.05) is 10.6 Å². The van der Waals surface area contributed by atoms with E-state index in [2.05, 4.69) is 5.32 Å². The van der Waals surface area contributed by atoms with Gasteiger partial charge >= 0.3 is 0 Å². The summed E-state index contributed by atoms with van der Waals surface area (Å²) >= 11 is 0. The van der Waals surface area contributed by atoms with Crippen LogP contribution >= 0.6 is 0 Å². The number of anilines is 1. The summed E-state index contributed by atoms with van der Waals surface area (Å²) in [7, 11) is -3.65. The maximum Gasteiger partial charge on any atom is 0.243 e. The smallest absolute Gasteiger partial charge is 0.243 e. The standard InChI is InChI=1S/C22H30N2O4S/c1-15(2)28-20-9-7-8-19(13-20)14-23-22(25)18(5)24(29(6,26)27)21-12-16(3)10-11-17(21)4/h7-13,15,18H,14H2,1-6H3,(H,23,25)/t18-/m1/s1. The van der Waals surface area contributed by atoms with E-state index in [1.165, 1.54) is 4.31 Å². The molecule has 0 heterocycles. The van der Waals surface area contributed by atoms with Gasteiger partial charge in [0, 0.05) is 6.54 Å². The van der Waals surface area contributed by atoms with Crippen molar-refractivity contribution in [2.45, 2.75) is 53.3 Å². The molecule has 158 valence electrons. The van der Waals surface area contributed by atoms with Crippen LogP contribution < -0.4 is 14.4 Å². The van der Waals surface area contributed by atoms with E-state index in [9.17, 15) is 13.2 Å². The Morgan fingerprint density at radius 1 is 1.10 bits per heavy atom. The average Bonchev–Trinajstić information content (AvgIpc) is 2.61. The first-order chi connectivity index (χ1) is 13.5. The second kappa shape index (κ2) is 9.31. The number of hydrogen-bond donors (Lipinski definition) is 1. The van der Waals surface area contributed by atoms with Crippen LogP contribution in [0.25, 0.3) is 0 Å². The molecule has 2 aromatic rings. The third-order valence-corrected chi connectivity index (χ3v) is 5.66. The lowest BCUT2D eigenvalue weighted by molar-refractivity contribution is -0.122. The molecule has 6 nitrogen and oxygen atoms in total. The van der Waals surface area contributed by atoms with Crippen LogP contribution in [0.4, 0.5) is 5.69 Å². The molecule has 2 aromatic carbocycles. The Morgan fingerprint density at radius 2 is 1.79 bits per heavy atom. The normalized spacial score (nSPS) is 12.5. The minimum atomic E-state index is -3.65.